The first-order chi connectivity index (χ1) is 14.7. The Balaban J connectivity index is 1.30. The first-order valence-electron chi connectivity index (χ1n) is 14.7. The van der Waals surface area contributed by atoms with Crippen molar-refractivity contribution in [3.05, 3.63) is 0 Å². The van der Waals surface area contributed by atoms with Gasteiger partial charge in [0.1, 0.15) is 0 Å². The monoisotopic (exact) mass is 406 g/mol. The molecule has 8 saturated carbocycles. The van der Waals surface area contributed by atoms with Crippen molar-refractivity contribution in [3.8, 4) is 0 Å². The minimum absolute atomic E-state index is 1.05. The molecule has 0 heteroatoms. The lowest BCUT2D eigenvalue weighted by atomic mass is 9.31. The van der Waals surface area contributed by atoms with Gasteiger partial charge in [0.2, 0.25) is 0 Å². The lowest BCUT2D eigenvalue weighted by molar-refractivity contribution is -0.259. The summed E-state index contributed by atoms with van der Waals surface area (Å²) in [6, 6.07) is 0. The molecule has 9 unspecified atom stereocenters. The molecule has 0 spiro atoms. The van der Waals surface area contributed by atoms with Crippen LogP contribution in [0.3, 0.4) is 0 Å². The van der Waals surface area contributed by atoms with Crippen LogP contribution in [-0.2, 0) is 0 Å². The van der Waals surface area contributed by atoms with Crippen LogP contribution in [0.15, 0.2) is 0 Å². The molecule has 16 atom stereocenters. The molecular formula is C30H46. The van der Waals surface area contributed by atoms with Gasteiger partial charge in [-0.25, -0.2) is 0 Å². The first-order valence-corrected chi connectivity index (χ1v) is 14.7. The standard InChI is InChI=1S/C30H46/c1-15-13-17-5-3-7-21-24-12-10-20-16(2)14-18-6-4-8-22-23-11-9-19(15)27(25(17)21)29(23)30(24)28(20)26(18)22/h15-30H,3-14H2,1-2H3/t15?,16?,17?,18?,19-,20?,21?,22-,23+,24?,25-,26?,27?,28-,29-,30-/m0/s1. The van der Waals surface area contributed by atoms with Crippen molar-refractivity contribution in [2.24, 2.45) is 94.7 Å². The van der Waals surface area contributed by atoms with Crippen LogP contribution in [-0.4, -0.2) is 0 Å². The second kappa shape index (κ2) is 6.32. The molecule has 166 valence electrons. The van der Waals surface area contributed by atoms with Gasteiger partial charge in [0.15, 0.2) is 0 Å². The summed E-state index contributed by atoms with van der Waals surface area (Å²) >= 11 is 0. The molecule has 0 aromatic heterocycles. The third-order valence-electron chi connectivity index (χ3n) is 14.1. The third kappa shape index (κ3) is 2.13. The Labute approximate surface area is 185 Å². The molecule has 0 saturated heterocycles. The van der Waals surface area contributed by atoms with E-state index in [0.717, 1.165) is 35.5 Å². The summed E-state index contributed by atoms with van der Waals surface area (Å²) in [7, 11) is 0. The molecule has 0 aromatic rings. The summed E-state index contributed by atoms with van der Waals surface area (Å²) in [5, 5.41) is 0. The minimum atomic E-state index is 1.05. The van der Waals surface area contributed by atoms with E-state index in [1.165, 1.54) is 59.2 Å². The summed E-state index contributed by atoms with van der Waals surface area (Å²) in [5.41, 5.74) is 0. The van der Waals surface area contributed by atoms with E-state index in [2.05, 4.69) is 13.8 Å². The van der Waals surface area contributed by atoms with Crippen LogP contribution in [0.4, 0.5) is 0 Å². The highest BCUT2D eigenvalue weighted by atomic mass is 14.7. The van der Waals surface area contributed by atoms with Crippen molar-refractivity contribution in [2.75, 3.05) is 0 Å². The predicted molar refractivity (Wildman–Crippen MR) is 123 cm³/mol. The van der Waals surface area contributed by atoms with E-state index in [9.17, 15) is 0 Å². The zero-order valence-corrected chi connectivity index (χ0v) is 19.7. The Hall–Kier alpha value is 0. The van der Waals surface area contributed by atoms with E-state index >= 15 is 0 Å². The van der Waals surface area contributed by atoms with Gasteiger partial charge in [0.05, 0.1) is 0 Å². The lowest BCUT2D eigenvalue weighted by Crippen LogP contribution is -2.68. The SMILES string of the molecule is CC1CC2CCC[C@@H]3C2[C@@H]2C1CCC1C4CCCC5CC(C)[C@@H]6CC[C@H]3[C@@H](C6[C@@H]54)[C@@H]12. The summed E-state index contributed by atoms with van der Waals surface area (Å²) in [4.78, 5) is 0. The largest absolute Gasteiger partial charge is 0.0622 e. The maximum Gasteiger partial charge on any atom is -0.0315 e. The molecule has 0 aromatic carbocycles. The van der Waals surface area contributed by atoms with Crippen molar-refractivity contribution in [1.29, 1.82) is 0 Å². The van der Waals surface area contributed by atoms with Crippen LogP contribution in [0.25, 0.3) is 0 Å². The maximum absolute atomic E-state index is 2.70. The molecule has 0 radical (unpaired) electrons. The molecule has 0 amide bonds. The fourth-order valence-electron chi connectivity index (χ4n) is 13.9. The predicted octanol–water partition coefficient (Wildman–Crippen LogP) is 7.68. The number of hydrogen-bond donors (Lipinski definition) is 0. The highest BCUT2D eigenvalue weighted by molar-refractivity contribution is 5.17. The van der Waals surface area contributed by atoms with Gasteiger partial charge in [-0.1, -0.05) is 39.5 Å². The fraction of sp³-hybridized carbons (Fsp3) is 1.00. The lowest BCUT2D eigenvalue weighted by Gasteiger charge is -2.74. The van der Waals surface area contributed by atoms with Crippen molar-refractivity contribution >= 4 is 0 Å². The van der Waals surface area contributed by atoms with Crippen molar-refractivity contribution < 1.29 is 0 Å². The van der Waals surface area contributed by atoms with Crippen LogP contribution < -0.4 is 0 Å². The molecule has 0 aliphatic heterocycles. The van der Waals surface area contributed by atoms with Crippen LogP contribution in [0.5, 0.6) is 0 Å². The van der Waals surface area contributed by atoms with Gasteiger partial charge in [0, 0.05) is 0 Å². The van der Waals surface area contributed by atoms with E-state index < -0.39 is 0 Å². The molecule has 8 rings (SSSR count). The Morgan fingerprint density at radius 2 is 0.733 bits per heavy atom. The van der Waals surface area contributed by atoms with E-state index in [-0.39, 0.29) is 0 Å². The van der Waals surface area contributed by atoms with Crippen molar-refractivity contribution in [2.45, 2.75) is 90.9 Å². The van der Waals surface area contributed by atoms with Gasteiger partial charge >= 0.3 is 0 Å². The average Bonchev–Trinajstić information content (AvgIpc) is 2.77. The second-order valence-corrected chi connectivity index (χ2v) is 14.4. The summed E-state index contributed by atoms with van der Waals surface area (Å²) in [6.45, 7) is 5.40. The number of rotatable bonds is 0. The average molecular weight is 407 g/mol. The minimum Gasteiger partial charge on any atom is -0.0622 e. The molecule has 0 nitrogen and oxygen atoms in total. The Morgan fingerprint density at radius 1 is 0.367 bits per heavy atom. The summed E-state index contributed by atoms with van der Waals surface area (Å²) in [6.07, 6.45) is 19.5. The van der Waals surface area contributed by atoms with Gasteiger partial charge < -0.3 is 0 Å². The second-order valence-electron chi connectivity index (χ2n) is 14.4. The van der Waals surface area contributed by atoms with Gasteiger partial charge in [-0.2, -0.15) is 0 Å². The van der Waals surface area contributed by atoms with Crippen LogP contribution >= 0.6 is 0 Å². The molecule has 8 aliphatic carbocycles. The fourth-order valence-corrected chi connectivity index (χ4v) is 13.9. The number of hydrogen-bond acceptors (Lipinski definition) is 0. The van der Waals surface area contributed by atoms with E-state index in [4.69, 9.17) is 0 Å². The highest BCUT2D eigenvalue weighted by Crippen LogP contribution is 2.75. The van der Waals surface area contributed by atoms with E-state index in [1.807, 2.05) is 0 Å². The molecule has 8 aliphatic rings. The highest BCUT2D eigenvalue weighted by Gasteiger charge is 2.69. The van der Waals surface area contributed by atoms with Crippen LogP contribution in [0.1, 0.15) is 90.9 Å². The topological polar surface area (TPSA) is 0 Å². The Bertz CT molecular complexity index is 649. The Kier molecular flexibility index (Phi) is 3.88. The summed E-state index contributed by atoms with van der Waals surface area (Å²) in [5.74, 6) is 18.4. The van der Waals surface area contributed by atoms with Gasteiger partial charge in [-0.05, 0) is 146 Å². The van der Waals surface area contributed by atoms with Crippen LogP contribution in [0, 0.1) is 94.7 Å². The molecule has 30 heavy (non-hydrogen) atoms. The van der Waals surface area contributed by atoms with Crippen molar-refractivity contribution in [1.82, 2.24) is 0 Å². The first kappa shape index (κ1) is 18.4. The Morgan fingerprint density at radius 3 is 1.20 bits per heavy atom. The quantitative estimate of drug-likeness (QED) is 0.387. The number of fused-ring (bicyclic) bond motifs is 2. The smallest absolute Gasteiger partial charge is 0.0315 e. The van der Waals surface area contributed by atoms with Gasteiger partial charge in [0.25, 0.3) is 0 Å². The zero-order valence-electron chi connectivity index (χ0n) is 19.7. The zero-order chi connectivity index (χ0) is 19.7. The molecular weight excluding hydrogens is 360 g/mol. The molecule has 0 bridgehead atoms. The van der Waals surface area contributed by atoms with Gasteiger partial charge in [-0.15, -0.1) is 0 Å². The third-order valence-corrected chi connectivity index (χ3v) is 14.1. The van der Waals surface area contributed by atoms with E-state index in [0.29, 0.717) is 0 Å². The summed E-state index contributed by atoms with van der Waals surface area (Å²) < 4.78 is 0. The van der Waals surface area contributed by atoms with Crippen molar-refractivity contribution in [3.63, 3.8) is 0 Å². The molecule has 8 fully saturated rings. The normalized spacial score (nSPS) is 67.4. The van der Waals surface area contributed by atoms with E-state index in [1.54, 1.807) is 77.0 Å². The molecule has 0 N–H and O–H groups in total. The van der Waals surface area contributed by atoms with Gasteiger partial charge in [-0.3, -0.25) is 0 Å². The van der Waals surface area contributed by atoms with Crippen LogP contribution in [0.2, 0.25) is 0 Å². The maximum atomic E-state index is 2.70. The molecule has 0 heterocycles.